The number of nitrogens with two attached hydrogens (primary N) is 1. The second-order valence-corrected chi connectivity index (χ2v) is 8.31. The molecule has 3 N–H and O–H groups in total. The van der Waals surface area contributed by atoms with E-state index in [0.29, 0.717) is 29.7 Å². The lowest BCUT2D eigenvalue weighted by atomic mass is 10.1. The minimum Gasteiger partial charge on any atom is -0.322 e. The number of nitrogens with one attached hydrogen (secondary N) is 1. The van der Waals surface area contributed by atoms with Crippen molar-refractivity contribution in [3.63, 3.8) is 0 Å². The van der Waals surface area contributed by atoms with Crippen LogP contribution in [0.3, 0.4) is 0 Å². The van der Waals surface area contributed by atoms with Gasteiger partial charge in [0.25, 0.3) is 5.91 Å². The first-order valence-corrected chi connectivity index (χ1v) is 10.9. The van der Waals surface area contributed by atoms with Gasteiger partial charge in [-0.05, 0) is 49.6 Å². The molecule has 0 unspecified atom stereocenters. The Hall–Kier alpha value is -2.97. The van der Waals surface area contributed by atoms with Crippen molar-refractivity contribution in [1.29, 1.82) is 0 Å². The van der Waals surface area contributed by atoms with Gasteiger partial charge in [0.1, 0.15) is 0 Å². The lowest BCUT2D eigenvalue weighted by Gasteiger charge is -2.11. The number of sulfonamides is 1. The van der Waals surface area contributed by atoms with E-state index < -0.39 is 10.0 Å². The fraction of sp³-hybridized carbons (Fsp3) is 0.238. The number of carbonyl (C=O) groups excluding carboxylic acids is 1. The molecule has 0 aliphatic rings. The first-order valence-electron chi connectivity index (χ1n) is 9.35. The van der Waals surface area contributed by atoms with Crippen LogP contribution in [0.5, 0.6) is 0 Å². The van der Waals surface area contributed by atoms with E-state index in [-0.39, 0.29) is 10.8 Å². The summed E-state index contributed by atoms with van der Waals surface area (Å²) in [6, 6.07) is 12.6. The number of primary sulfonamides is 1. The SMILES string of the molecule is CCc1ccc(NC(=O)c2cnn(-c3ccc(C)cc3)c2CC)cc1S(N)(=O)=O. The van der Waals surface area contributed by atoms with Crippen molar-refractivity contribution in [2.24, 2.45) is 5.14 Å². The number of anilines is 1. The summed E-state index contributed by atoms with van der Waals surface area (Å²) in [7, 11) is -3.88. The van der Waals surface area contributed by atoms with Gasteiger partial charge in [0.2, 0.25) is 10.0 Å². The molecule has 29 heavy (non-hydrogen) atoms. The van der Waals surface area contributed by atoms with Gasteiger partial charge in [-0.25, -0.2) is 18.2 Å². The minimum absolute atomic E-state index is 0.0175. The van der Waals surface area contributed by atoms with Crippen molar-refractivity contribution >= 4 is 21.6 Å². The Bertz CT molecular complexity index is 1150. The number of hydrogen-bond acceptors (Lipinski definition) is 4. The highest BCUT2D eigenvalue weighted by molar-refractivity contribution is 7.89. The average Bonchev–Trinajstić information content (AvgIpc) is 3.12. The molecule has 0 saturated heterocycles. The number of aromatic nitrogens is 2. The number of carbonyl (C=O) groups is 1. The first kappa shape index (κ1) is 20.8. The highest BCUT2D eigenvalue weighted by atomic mass is 32.2. The van der Waals surface area contributed by atoms with E-state index in [1.165, 1.54) is 12.3 Å². The number of nitrogens with zero attached hydrogens (tertiary/aromatic N) is 2. The van der Waals surface area contributed by atoms with E-state index in [9.17, 15) is 13.2 Å². The fourth-order valence-electron chi connectivity index (χ4n) is 3.20. The lowest BCUT2D eigenvalue weighted by molar-refractivity contribution is 0.102. The van der Waals surface area contributed by atoms with E-state index in [1.807, 2.05) is 45.0 Å². The number of hydrogen-bond donors (Lipinski definition) is 2. The van der Waals surface area contributed by atoms with Crippen LogP contribution >= 0.6 is 0 Å². The summed E-state index contributed by atoms with van der Waals surface area (Å²) in [5.41, 5.74) is 4.18. The van der Waals surface area contributed by atoms with E-state index in [2.05, 4.69) is 10.4 Å². The molecule has 8 heteroatoms. The normalized spacial score (nSPS) is 11.4. The van der Waals surface area contributed by atoms with E-state index >= 15 is 0 Å². The largest absolute Gasteiger partial charge is 0.322 e. The molecule has 3 aromatic rings. The van der Waals surface area contributed by atoms with Crippen LogP contribution in [0.4, 0.5) is 5.69 Å². The van der Waals surface area contributed by atoms with Gasteiger partial charge in [0.15, 0.2) is 0 Å². The fourth-order valence-corrected chi connectivity index (χ4v) is 4.07. The van der Waals surface area contributed by atoms with Crippen LogP contribution in [0.2, 0.25) is 0 Å². The smallest absolute Gasteiger partial charge is 0.259 e. The predicted octanol–water partition coefficient (Wildman–Crippen LogP) is 3.21. The van der Waals surface area contributed by atoms with Crippen molar-refractivity contribution in [2.75, 3.05) is 5.32 Å². The van der Waals surface area contributed by atoms with Gasteiger partial charge in [0, 0.05) is 5.69 Å². The van der Waals surface area contributed by atoms with Crippen LogP contribution < -0.4 is 10.5 Å². The molecule has 0 aliphatic carbocycles. The van der Waals surface area contributed by atoms with Gasteiger partial charge in [-0.2, -0.15) is 5.10 Å². The highest BCUT2D eigenvalue weighted by Gasteiger charge is 2.19. The summed E-state index contributed by atoms with van der Waals surface area (Å²) >= 11 is 0. The van der Waals surface area contributed by atoms with Crippen LogP contribution in [-0.4, -0.2) is 24.1 Å². The van der Waals surface area contributed by atoms with Crippen LogP contribution in [0.15, 0.2) is 53.6 Å². The Labute approximate surface area is 170 Å². The number of rotatable bonds is 6. The number of amides is 1. The summed E-state index contributed by atoms with van der Waals surface area (Å²) in [6.07, 6.45) is 2.64. The second-order valence-electron chi connectivity index (χ2n) is 6.78. The van der Waals surface area contributed by atoms with Gasteiger partial charge < -0.3 is 5.32 Å². The van der Waals surface area contributed by atoms with Crippen molar-refractivity contribution in [3.05, 3.63) is 71.0 Å². The van der Waals surface area contributed by atoms with Crippen LogP contribution in [0.25, 0.3) is 5.69 Å². The molecule has 2 aromatic carbocycles. The molecule has 7 nitrogen and oxygen atoms in total. The molecule has 0 radical (unpaired) electrons. The van der Waals surface area contributed by atoms with Gasteiger partial charge in [-0.1, -0.05) is 37.6 Å². The third kappa shape index (κ3) is 4.38. The topological polar surface area (TPSA) is 107 Å². The molecule has 1 amide bonds. The zero-order valence-electron chi connectivity index (χ0n) is 16.6. The molecule has 0 aliphatic heterocycles. The summed E-state index contributed by atoms with van der Waals surface area (Å²) in [5.74, 6) is -0.357. The zero-order valence-corrected chi connectivity index (χ0v) is 17.5. The summed E-state index contributed by atoms with van der Waals surface area (Å²) < 4.78 is 25.5. The molecule has 1 heterocycles. The molecule has 1 aromatic heterocycles. The zero-order chi connectivity index (χ0) is 21.2. The molecular weight excluding hydrogens is 388 g/mol. The van der Waals surface area contributed by atoms with Gasteiger partial charge >= 0.3 is 0 Å². The minimum atomic E-state index is -3.88. The van der Waals surface area contributed by atoms with Gasteiger partial charge in [-0.15, -0.1) is 0 Å². The molecule has 152 valence electrons. The highest BCUT2D eigenvalue weighted by Crippen LogP contribution is 2.22. The maximum Gasteiger partial charge on any atom is 0.259 e. The third-order valence-electron chi connectivity index (χ3n) is 4.74. The van der Waals surface area contributed by atoms with Crippen LogP contribution in [0.1, 0.15) is 41.0 Å². The second kappa shape index (κ2) is 8.18. The van der Waals surface area contributed by atoms with Crippen molar-refractivity contribution < 1.29 is 13.2 Å². The first-order chi connectivity index (χ1) is 13.7. The molecule has 0 saturated carbocycles. The standard InChI is InChI=1S/C21H24N4O3S/c1-4-15-8-9-16(12-20(15)29(22,27)28)24-21(26)18-13-23-25(19(18)5-2)17-10-6-14(3)7-11-17/h6-13H,4-5H2,1-3H3,(H,24,26)(H2,22,27,28). The van der Waals surface area contributed by atoms with Crippen molar-refractivity contribution in [2.45, 2.75) is 38.5 Å². The molecule has 0 atom stereocenters. The van der Waals surface area contributed by atoms with E-state index in [1.54, 1.807) is 16.8 Å². The Morgan fingerprint density at radius 3 is 2.38 bits per heavy atom. The third-order valence-corrected chi connectivity index (χ3v) is 5.73. The molecule has 0 bridgehead atoms. The Kier molecular flexibility index (Phi) is 5.86. The lowest BCUT2D eigenvalue weighted by Crippen LogP contribution is -2.17. The number of benzene rings is 2. The van der Waals surface area contributed by atoms with Gasteiger partial charge in [0.05, 0.1) is 28.0 Å². The molecule has 0 spiro atoms. The molecule has 0 fully saturated rings. The Balaban J connectivity index is 1.93. The van der Waals surface area contributed by atoms with Crippen molar-refractivity contribution in [3.8, 4) is 5.69 Å². The molecular formula is C21H24N4O3S. The average molecular weight is 413 g/mol. The monoisotopic (exact) mass is 412 g/mol. The summed E-state index contributed by atoms with van der Waals surface area (Å²) in [5, 5.41) is 12.4. The Morgan fingerprint density at radius 2 is 1.79 bits per heavy atom. The van der Waals surface area contributed by atoms with Crippen LogP contribution in [0, 0.1) is 6.92 Å². The number of aryl methyl sites for hydroxylation is 2. The predicted molar refractivity (Wildman–Crippen MR) is 113 cm³/mol. The summed E-state index contributed by atoms with van der Waals surface area (Å²) in [4.78, 5) is 12.9. The van der Waals surface area contributed by atoms with Gasteiger partial charge in [-0.3, -0.25) is 4.79 Å². The Morgan fingerprint density at radius 1 is 1.10 bits per heavy atom. The molecule has 3 rings (SSSR count). The van der Waals surface area contributed by atoms with Crippen molar-refractivity contribution in [1.82, 2.24) is 9.78 Å². The summed E-state index contributed by atoms with van der Waals surface area (Å²) in [6.45, 7) is 5.80. The maximum absolute atomic E-state index is 12.9. The maximum atomic E-state index is 12.9. The van der Waals surface area contributed by atoms with Crippen LogP contribution in [-0.2, 0) is 22.9 Å². The quantitative estimate of drug-likeness (QED) is 0.648. The van der Waals surface area contributed by atoms with E-state index in [4.69, 9.17) is 5.14 Å². The van der Waals surface area contributed by atoms with E-state index in [0.717, 1.165) is 16.9 Å².